The van der Waals surface area contributed by atoms with Crippen molar-refractivity contribution in [2.45, 2.75) is 51.9 Å². The number of hydrogen-bond donors (Lipinski definition) is 2. The van der Waals surface area contributed by atoms with Gasteiger partial charge >= 0.3 is 0 Å². The van der Waals surface area contributed by atoms with E-state index in [0.717, 1.165) is 36.6 Å². The summed E-state index contributed by atoms with van der Waals surface area (Å²) in [5, 5.41) is 3.20. The SMILES string of the molecule is COc1ccc(CCNC(N)=NCC(C)(C)N2CC(C)OC(C)C2)cc1OC. The Hall–Kier alpha value is -1.99. The molecule has 28 heavy (non-hydrogen) atoms. The summed E-state index contributed by atoms with van der Waals surface area (Å²) in [6.45, 7) is 11.8. The Labute approximate surface area is 169 Å². The Bertz CT molecular complexity index is 653. The third-order valence-corrected chi connectivity index (χ3v) is 5.08. The van der Waals surface area contributed by atoms with E-state index in [1.807, 2.05) is 18.2 Å². The zero-order chi connectivity index (χ0) is 20.7. The minimum Gasteiger partial charge on any atom is -0.493 e. The van der Waals surface area contributed by atoms with Crippen LogP contribution in [0.5, 0.6) is 11.5 Å². The van der Waals surface area contributed by atoms with Crippen LogP contribution in [0.25, 0.3) is 0 Å². The van der Waals surface area contributed by atoms with Crippen molar-refractivity contribution in [1.29, 1.82) is 0 Å². The van der Waals surface area contributed by atoms with Crippen LogP contribution in [-0.4, -0.2) is 69.0 Å². The number of methoxy groups -OCH3 is 2. The van der Waals surface area contributed by atoms with Crippen LogP contribution in [0, 0.1) is 0 Å². The van der Waals surface area contributed by atoms with Crippen LogP contribution in [0.3, 0.4) is 0 Å². The third-order valence-electron chi connectivity index (χ3n) is 5.08. The maximum absolute atomic E-state index is 6.08. The molecule has 0 saturated carbocycles. The fraction of sp³-hybridized carbons (Fsp3) is 0.667. The van der Waals surface area contributed by atoms with Crippen LogP contribution in [0.1, 0.15) is 33.3 Å². The minimum absolute atomic E-state index is 0.0675. The molecule has 0 bridgehead atoms. The van der Waals surface area contributed by atoms with E-state index in [-0.39, 0.29) is 17.7 Å². The molecule has 2 unspecified atom stereocenters. The average molecular weight is 393 g/mol. The van der Waals surface area contributed by atoms with Crippen molar-refractivity contribution in [2.75, 3.05) is 40.4 Å². The van der Waals surface area contributed by atoms with Gasteiger partial charge in [-0.25, -0.2) is 0 Å². The smallest absolute Gasteiger partial charge is 0.188 e. The quantitative estimate of drug-likeness (QED) is 0.520. The van der Waals surface area contributed by atoms with E-state index in [2.05, 4.69) is 42.9 Å². The summed E-state index contributed by atoms with van der Waals surface area (Å²) >= 11 is 0. The van der Waals surface area contributed by atoms with Gasteiger partial charge in [-0.3, -0.25) is 9.89 Å². The van der Waals surface area contributed by atoms with Crippen molar-refractivity contribution in [3.63, 3.8) is 0 Å². The summed E-state index contributed by atoms with van der Waals surface area (Å²) in [6, 6.07) is 5.93. The van der Waals surface area contributed by atoms with Crippen LogP contribution in [0.4, 0.5) is 0 Å². The largest absolute Gasteiger partial charge is 0.493 e. The van der Waals surface area contributed by atoms with E-state index in [0.29, 0.717) is 19.0 Å². The summed E-state index contributed by atoms with van der Waals surface area (Å²) in [5.74, 6) is 1.94. The zero-order valence-corrected chi connectivity index (χ0v) is 18.1. The van der Waals surface area contributed by atoms with E-state index >= 15 is 0 Å². The number of nitrogens with one attached hydrogen (secondary N) is 1. The Morgan fingerprint density at radius 3 is 2.46 bits per heavy atom. The fourth-order valence-corrected chi connectivity index (χ4v) is 3.48. The third kappa shape index (κ3) is 6.27. The lowest BCUT2D eigenvalue weighted by Gasteiger charge is -2.44. The van der Waals surface area contributed by atoms with Crippen molar-refractivity contribution >= 4 is 5.96 Å². The number of hydrogen-bond acceptors (Lipinski definition) is 5. The molecule has 1 heterocycles. The lowest BCUT2D eigenvalue weighted by Crippen LogP contribution is -2.56. The van der Waals surface area contributed by atoms with Gasteiger partial charge in [0, 0.05) is 25.2 Å². The highest BCUT2D eigenvalue weighted by Gasteiger charge is 2.33. The Kier molecular flexibility index (Phi) is 7.95. The van der Waals surface area contributed by atoms with Gasteiger partial charge in [-0.2, -0.15) is 0 Å². The molecule has 7 heteroatoms. The molecule has 1 aliphatic heterocycles. The van der Waals surface area contributed by atoms with Crippen molar-refractivity contribution < 1.29 is 14.2 Å². The molecule has 0 aromatic heterocycles. The first kappa shape index (κ1) is 22.3. The van der Waals surface area contributed by atoms with Gasteiger partial charge in [0.2, 0.25) is 0 Å². The van der Waals surface area contributed by atoms with Gasteiger partial charge in [-0.1, -0.05) is 6.07 Å². The van der Waals surface area contributed by atoms with Crippen molar-refractivity contribution in [3.05, 3.63) is 23.8 Å². The topological polar surface area (TPSA) is 81.3 Å². The number of rotatable bonds is 8. The molecule has 0 radical (unpaired) electrons. The number of nitrogens with two attached hydrogens (primary N) is 1. The molecule has 0 aliphatic carbocycles. The van der Waals surface area contributed by atoms with Crippen LogP contribution >= 0.6 is 0 Å². The van der Waals surface area contributed by atoms with Crippen LogP contribution in [-0.2, 0) is 11.2 Å². The molecule has 1 fully saturated rings. The van der Waals surface area contributed by atoms with Gasteiger partial charge in [0.25, 0.3) is 0 Å². The van der Waals surface area contributed by atoms with Gasteiger partial charge in [-0.15, -0.1) is 0 Å². The van der Waals surface area contributed by atoms with E-state index in [9.17, 15) is 0 Å². The summed E-state index contributed by atoms with van der Waals surface area (Å²) in [5.41, 5.74) is 7.16. The summed E-state index contributed by atoms with van der Waals surface area (Å²) < 4.78 is 16.4. The van der Waals surface area contributed by atoms with E-state index < -0.39 is 0 Å². The maximum Gasteiger partial charge on any atom is 0.188 e. The zero-order valence-electron chi connectivity index (χ0n) is 18.1. The van der Waals surface area contributed by atoms with E-state index in [1.165, 1.54) is 0 Å². The molecule has 2 rings (SSSR count). The van der Waals surface area contributed by atoms with Gasteiger partial charge < -0.3 is 25.3 Å². The number of guanidine groups is 1. The second kappa shape index (κ2) is 9.98. The Balaban J connectivity index is 1.84. The van der Waals surface area contributed by atoms with Crippen LogP contribution < -0.4 is 20.5 Å². The van der Waals surface area contributed by atoms with Gasteiger partial charge in [0.1, 0.15) is 0 Å². The first-order valence-corrected chi connectivity index (χ1v) is 9.90. The number of ether oxygens (including phenoxy) is 3. The predicted octanol–water partition coefficient (Wildman–Crippen LogP) is 2.04. The van der Waals surface area contributed by atoms with Crippen molar-refractivity contribution in [2.24, 2.45) is 10.7 Å². The number of aliphatic imine (C=N–C) groups is 1. The highest BCUT2D eigenvalue weighted by atomic mass is 16.5. The van der Waals surface area contributed by atoms with Gasteiger partial charge in [0.05, 0.1) is 33.0 Å². The first-order valence-electron chi connectivity index (χ1n) is 9.90. The maximum atomic E-state index is 6.08. The standard InChI is InChI=1S/C21H36N4O3/c1-15-12-25(13-16(2)28-15)21(3,4)14-24-20(22)23-10-9-17-7-8-18(26-5)19(11-17)27-6/h7-8,11,15-16H,9-10,12-14H2,1-6H3,(H3,22,23,24). The van der Waals surface area contributed by atoms with Gasteiger partial charge in [-0.05, 0) is 51.8 Å². The molecule has 0 spiro atoms. The minimum atomic E-state index is -0.0675. The first-order chi connectivity index (χ1) is 13.2. The normalized spacial score (nSPS) is 21.4. The molecule has 7 nitrogen and oxygen atoms in total. The lowest BCUT2D eigenvalue weighted by atomic mass is 10.0. The monoisotopic (exact) mass is 392 g/mol. The second-order valence-electron chi connectivity index (χ2n) is 8.04. The average Bonchev–Trinajstić information content (AvgIpc) is 2.65. The Morgan fingerprint density at radius 2 is 1.86 bits per heavy atom. The second-order valence-corrected chi connectivity index (χ2v) is 8.04. The molecule has 0 amide bonds. The van der Waals surface area contributed by atoms with Crippen molar-refractivity contribution in [1.82, 2.24) is 10.2 Å². The van der Waals surface area contributed by atoms with Crippen LogP contribution in [0.15, 0.2) is 23.2 Å². The Morgan fingerprint density at radius 1 is 1.21 bits per heavy atom. The fourth-order valence-electron chi connectivity index (χ4n) is 3.48. The summed E-state index contributed by atoms with van der Waals surface area (Å²) in [6.07, 6.45) is 1.30. The molecule has 158 valence electrons. The van der Waals surface area contributed by atoms with Crippen LogP contribution in [0.2, 0.25) is 0 Å². The summed E-state index contributed by atoms with van der Waals surface area (Å²) in [7, 11) is 3.28. The molecule has 1 aliphatic rings. The van der Waals surface area contributed by atoms with E-state index in [1.54, 1.807) is 14.2 Å². The number of nitrogens with zero attached hydrogens (tertiary/aromatic N) is 2. The molecule has 1 aromatic carbocycles. The molecule has 2 atom stereocenters. The van der Waals surface area contributed by atoms with Crippen molar-refractivity contribution in [3.8, 4) is 11.5 Å². The highest BCUT2D eigenvalue weighted by Crippen LogP contribution is 2.27. The summed E-state index contributed by atoms with van der Waals surface area (Å²) in [4.78, 5) is 7.01. The molecule has 1 saturated heterocycles. The predicted molar refractivity (Wildman–Crippen MR) is 113 cm³/mol. The highest BCUT2D eigenvalue weighted by molar-refractivity contribution is 5.77. The van der Waals surface area contributed by atoms with Gasteiger partial charge in [0.15, 0.2) is 17.5 Å². The number of benzene rings is 1. The molecular formula is C21H36N4O3. The van der Waals surface area contributed by atoms with E-state index in [4.69, 9.17) is 19.9 Å². The lowest BCUT2D eigenvalue weighted by molar-refractivity contribution is -0.0939. The molecular weight excluding hydrogens is 356 g/mol. The molecule has 3 N–H and O–H groups in total. The number of morpholine rings is 1. The molecule has 1 aromatic rings.